The topological polar surface area (TPSA) is 66.5 Å². The molecule has 0 saturated heterocycles. The molecule has 1 N–H and O–H groups in total. The molecule has 0 aliphatic heterocycles. The van der Waals surface area contributed by atoms with Crippen LogP contribution in [-0.4, -0.2) is 25.7 Å². The van der Waals surface area contributed by atoms with Gasteiger partial charge in [0.15, 0.2) is 0 Å². The molecule has 0 heterocycles. The van der Waals surface area contributed by atoms with Gasteiger partial charge in [-0.05, 0) is 48.2 Å². The highest BCUT2D eigenvalue weighted by Gasteiger charge is 2.24. The van der Waals surface area contributed by atoms with E-state index in [1.165, 1.54) is 29.6 Å². The Kier molecular flexibility index (Phi) is 7.15. The number of halogens is 1. The van der Waals surface area contributed by atoms with Crippen molar-refractivity contribution in [2.45, 2.75) is 31.7 Å². The summed E-state index contributed by atoms with van der Waals surface area (Å²) in [6.07, 6.45) is 0.754. The normalized spacial score (nSPS) is 11.5. The molecular formula is C24H25ClN2O3S. The predicted octanol–water partition coefficient (Wildman–Crippen LogP) is 5.28. The number of para-hydroxylation sites is 1. The molecule has 0 spiro atoms. The van der Waals surface area contributed by atoms with E-state index in [0.717, 1.165) is 28.8 Å². The summed E-state index contributed by atoms with van der Waals surface area (Å²) in [6, 6.07) is 19.3. The Morgan fingerprint density at radius 2 is 1.74 bits per heavy atom. The van der Waals surface area contributed by atoms with E-state index in [-0.39, 0.29) is 22.0 Å². The molecule has 0 aliphatic carbocycles. The van der Waals surface area contributed by atoms with E-state index < -0.39 is 15.9 Å². The van der Waals surface area contributed by atoms with Crippen LogP contribution in [0.3, 0.4) is 0 Å². The first-order valence-corrected chi connectivity index (χ1v) is 11.8. The van der Waals surface area contributed by atoms with E-state index in [1.54, 1.807) is 0 Å². The third kappa shape index (κ3) is 5.15. The second kappa shape index (κ2) is 9.64. The quantitative estimate of drug-likeness (QED) is 0.525. The lowest BCUT2D eigenvalue weighted by atomic mass is 10.1. The number of carbonyl (C=O) groups excluding carboxylic acids is 1. The number of rotatable bonds is 7. The Labute approximate surface area is 188 Å². The van der Waals surface area contributed by atoms with E-state index in [1.807, 2.05) is 62.4 Å². The minimum absolute atomic E-state index is 0.0148. The minimum atomic E-state index is -3.81. The Morgan fingerprint density at radius 3 is 2.42 bits per heavy atom. The molecule has 0 radical (unpaired) electrons. The summed E-state index contributed by atoms with van der Waals surface area (Å²) in [6.45, 7) is 4.14. The van der Waals surface area contributed by atoms with Crippen molar-refractivity contribution in [1.82, 2.24) is 4.31 Å². The van der Waals surface area contributed by atoms with Gasteiger partial charge < -0.3 is 5.32 Å². The highest BCUT2D eigenvalue weighted by atomic mass is 35.5. The molecule has 0 atom stereocenters. The maximum atomic E-state index is 13.1. The van der Waals surface area contributed by atoms with E-state index in [2.05, 4.69) is 5.32 Å². The fraction of sp³-hybridized carbons (Fsp3) is 0.208. The van der Waals surface area contributed by atoms with Crippen LogP contribution < -0.4 is 5.32 Å². The van der Waals surface area contributed by atoms with Crippen molar-refractivity contribution < 1.29 is 13.2 Å². The molecule has 0 unspecified atom stereocenters. The van der Waals surface area contributed by atoms with Crippen LogP contribution in [0.2, 0.25) is 5.02 Å². The molecule has 0 fully saturated rings. The minimum Gasteiger partial charge on any atom is -0.321 e. The number of anilines is 1. The number of carbonyl (C=O) groups is 1. The van der Waals surface area contributed by atoms with Crippen molar-refractivity contribution in [3.63, 3.8) is 0 Å². The van der Waals surface area contributed by atoms with Crippen LogP contribution in [0.25, 0.3) is 0 Å². The van der Waals surface area contributed by atoms with Crippen molar-refractivity contribution in [3.8, 4) is 0 Å². The Bertz CT molecular complexity index is 1190. The molecule has 3 aromatic rings. The fourth-order valence-electron chi connectivity index (χ4n) is 3.33. The first-order valence-electron chi connectivity index (χ1n) is 9.93. The van der Waals surface area contributed by atoms with Crippen LogP contribution in [0.15, 0.2) is 71.6 Å². The Balaban J connectivity index is 1.90. The average molecular weight is 457 g/mol. The summed E-state index contributed by atoms with van der Waals surface area (Å²) >= 11 is 6.26. The molecule has 0 aliphatic rings. The molecule has 0 saturated carbocycles. The standard InChI is InChI=1S/C24H25ClN2O3S/c1-4-19-12-8-9-17(2)23(19)26-24(28)21-15-20(13-14-22(21)25)31(29,30)27(3)16-18-10-6-5-7-11-18/h5-15H,4,16H2,1-3H3,(H,26,28). The lowest BCUT2D eigenvalue weighted by Gasteiger charge is -2.18. The summed E-state index contributed by atoms with van der Waals surface area (Å²) in [7, 11) is -2.30. The summed E-state index contributed by atoms with van der Waals surface area (Å²) in [5.41, 5.74) is 3.62. The molecule has 0 bridgehead atoms. The number of sulfonamides is 1. The van der Waals surface area contributed by atoms with Crippen molar-refractivity contribution >= 4 is 33.2 Å². The van der Waals surface area contributed by atoms with Crippen molar-refractivity contribution in [1.29, 1.82) is 0 Å². The van der Waals surface area contributed by atoms with Crippen LogP contribution in [-0.2, 0) is 23.0 Å². The SMILES string of the molecule is CCc1cccc(C)c1NC(=O)c1cc(S(=O)(=O)N(C)Cc2ccccc2)ccc1Cl. The van der Waals surface area contributed by atoms with Gasteiger partial charge >= 0.3 is 0 Å². The molecule has 162 valence electrons. The fourth-order valence-corrected chi connectivity index (χ4v) is 4.72. The first kappa shape index (κ1) is 23.0. The summed E-state index contributed by atoms with van der Waals surface area (Å²) in [4.78, 5) is 13.0. The van der Waals surface area contributed by atoms with Gasteiger partial charge in [-0.2, -0.15) is 4.31 Å². The van der Waals surface area contributed by atoms with Crippen LogP contribution >= 0.6 is 11.6 Å². The van der Waals surface area contributed by atoms with Gasteiger partial charge in [0.25, 0.3) is 5.91 Å². The lowest BCUT2D eigenvalue weighted by Crippen LogP contribution is -2.27. The summed E-state index contributed by atoms with van der Waals surface area (Å²) in [5, 5.41) is 3.09. The highest BCUT2D eigenvalue weighted by Crippen LogP contribution is 2.26. The first-order chi connectivity index (χ1) is 14.7. The maximum absolute atomic E-state index is 13.1. The molecule has 31 heavy (non-hydrogen) atoms. The number of amides is 1. The molecule has 3 aromatic carbocycles. The van der Waals surface area contributed by atoms with Gasteiger partial charge in [-0.3, -0.25) is 4.79 Å². The maximum Gasteiger partial charge on any atom is 0.257 e. The van der Waals surface area contributed by atoms with E-state index >= 15 is 0 Å². The predicted molar refractivity (Wildman–Crippen MR) is 125 cm³/mol. The van der Waals surface area contributed by atoms with E-state index in [9.17, 15) is 13.2 Å². The third-order valence-electron chi connectivity index (χ3n) is 5.12. The van der Waals surface area contributed by atoms with Crippen LogP contribution in [0.1, 0.15) is 34.0 Å². The van der Waals surface area contributed by atoms with Crippen LogP contribution in [0, 0.1) is 6.92 Å². The lowest BCUT2D eigenvalue weighted by molar-refractivity contribution is 0.102. The Morgan fingerprint density at radius 1 is 1.03 bits per heavy atom. The second-order valence-corrected chi connectivity index (χ2v) is 9.76. The van der Waals surface area contributed by atoms with Gasteiger partial charge in [0, 0.05) is 19.3 Å². The van der Waals surface area contributed by atoms with Gasteiger partial charge in [-0.1, -0.05) is 67.1 Å². The molecule has 7 heteroatoms. The molecule has 5 nitrogen and oxygen atoms in total. The number of aryl methyl sites for hydroxylation is 2. The van der Waals surface area contributed by atoms with Crippen molar-refractivity contribution in [2.24, 2.45) is 0 Å². The zero-order valence-corrected chi connectivity index (χ0v) is 19.3. The van der Waals surface area contributed by atoms with Crippen molar-refractivity contribution in [3.05, 3.63) is 94.0 Å². The van der Waals surface area contributed by atoms with Crippen molar-refractivity contribution in [2.75, 3.05) is 12.4 Å². The van der Waals surface area contributed by atoms with E-state index in [0.29, 0.717) is 0 Å². The summed E-state index contributed by atoms with van der Waals surface area (Å²) in [5.74, 6) is -0.447. The second-order valence-electron chi connectivity index (χ2n) is 7.31. The molecule has 0 aromatic heterocycles. The molecular weight excluding hydrogens is 432 g/mol. The number of hydrogen-bond donors (Lipinski definition) is 1. The van der Waals surface area contributed by atoms with Gasteiger partial charge in [0.1, 0.15) is 0 Å². The summed E-state index contributed by atoms with van der Waals surface area (Å²) < 4.78 is 27.4. The number of benzene rings is 3. The van der Waals surface area contributed by atoms with Gasteiger partial charge in [0.05, 0.1) is 15.5 Å². The van der Waals surface area contributed by atoms with Crippen LogP contribution in [0.4, 0.5) is 5.69 Å². The zero-order chi connectivity index (χ0) is 22.6. The zero-order valence-electron chi connectivity index (χ0n) is 17.7. The number of nitrogens with one attached hydrogen (secondary N) is 1. The number of hydrogen-bond acceptors (Lipinski definition) is 3. The largest absolute Gasteiger partial charge is 0.321 e. The average Bonchev–Trinajstić information content (AvgIpc) is 2.75. The van der Waals surface area contributed by atoms with Gasteiger partial charge in [-0.15, -0.1) is 0 Å². The smallest absolute Gasteiger partial charge is 0.257 e. The molecule has 1 amide bonds. The third-order valence-corrected chi connectivity index (χ3v) is 7.25. The van der Waals surface area contributed by atoms with Gasteiger partial charge in [-0.25, -0.2) is 8.42 Å². The highest BCUT2D eigenvalue weighted by molar-refractivity contribution is 7.89. The Hall–Kier alpha value is -2.67. The van der Waals surface area contributed by atoms with Crippen LogP contribution in [0.5, 0.6) is 0 Å². The van der Waals surface area contributed by atoms with E-state index in [4.69, 9.17) is 11.6 Å². The van der Waals surface area contributed by atoms with Gasteiger partial charge in [0.2, 0.25) is 10.0 Å². The molecule has 3 rings (SSSR count). The number of nitrogens with zero attached hydrogens (tertiary/aromatic N) is 1. The monoisotopic (exact) mass is 456 g/mol.